The Bertz CT molecular complexity index is 570. The van der Waals surface area contributed by atoms with Crippen molar-refractivity contribution in [3.05, 3.63) is 29.8 Å². The van der Waals surface area contributed by atoms with Crippen LogP contribution in [0.15, 0.2) is 29.2 Å². The maximum atomic E-state index is 12.7. The fraction of sp³-hybridized carbons (Fsp3) is 0.600. The van der Waals surface area contributed by atoms with E-state index in [0.29, 0.717) is 30.6 Å². The first kappa shape index (κ1) is 16.4. The van der Waals surface area contributed by atoms with Gasteiger partial charge < -0.3 is 5.73 Å². The van der Waals surface area contributed by atoms with Crippen molar-refractivity contribution < 1.29 is 8.42 Å². The van der Waals surface area contributed by atoms with Gasteiger partial charge >= 0.3 is 0 Å². The average Bonchev–Trinajstić information content (AvgIpc) is 2.99. The minimum atomic E-state index is -3.40. The van der Waals surface area contributed by atoms with Crippen molar-refractivity contribution in [2.75, 3.05) is 26.2 Å². The average molecular weight is 311 g/mol. The third-order valence-corrected chi connectivity index (χ3v) is 6.09. The summed E-state index contributed by atoms with van der Waals surface area (Å²) in [6.45, 7) is 7.67. The van der Waals surface area contributed by atoms with E-state index in [9.17, 15) is 8.42 Å². The maximum Gasteiger partial charge on any atom is 0.243 e. The second kappa shape index (κ2) is 6.87. The van der Waals surface area contributed by atoms with Gasteiger partial charge in [-0.3, -0.25) is 4.90 Å². The first-order valence-corrected chi connectivity index (χ1v) is 9.00. The minimum absolute atomic E-state index is 0.326. The van der Waals surface area contributed by atoms with Crippen molar-refractivity contribution in [2.45, 2.75) is 37.8 Å². The maximum absolute atomic E-state index is 12.7. The highest BCUT2D eigenvalue weighted by Crippen LogP contribution is 2.24. The molecule has 0 radical (unpaired) electrons. The van der Waals surface area contributed by atoms with E-state index in [1.165, 1.54) is 0 Å². The molecule has 0 amide bonds. The van der Waals surface area contributed by atoms with Crippen molar-refractivity contribution in [1.82, 2.24) is 9.21 Å². The van der Waals surface area contributed by atoms with E-state index in [4.69, 9.17) is 5.73 Å². The number of sulfonamides is 1. The number of hydrogen-bond donors (Lipinski definition) is 1. The second-order valence-electron chi connectivity index (χ2n) is 5.38. The third kappa shape index (κ3) is 3.45. The highest BCUT2D eigenvalue weighted by molar-refractivity contribution is 7.89. The van der Waals surface area contributed by atoms with Crippen molar-refractivity contribution in [3.63, 3.8) is 0 Å². The first-order chi connectivity index (χ1) is 10.0. The second-order valence-corrected chi connectivity index (χ2v) is 7.32. The van der Waals surface area contributed by atoms with Crippen LogP contribution >= 0.6 is 0 Å². The van der Waals surface area contributed by atoms with Gasteiger partial charge in [0.05, 0.1) is 4.90 Å². The summed E-state index contributed by atoms with van der Waals surface area (Å²) in [6.07, 6.45) is 0.900. The monoisotopic (exact) mass is 311 g/mol. The van der Waals surface area contributed by atoms with Gasteiger partial charge in [0.15, 0.2) is 0 Å². The topological polar surface area (TPSA) is 66.6 Å². The smallest absolute Gasteiger partial charge is 0.243 e. The summed E-state index contributed by atoms with van der Waals surface area (Å²) in [4.78, 5) is 2.68. The van der Waals surface area contributed by atoms with Crippen LogP contribution in [0.2, 0.25) is 0 Å². The molecule has 5 nitrogen and oxygen atoms in total. The fourth-order valence-electron chi connectivity index (χ4n) is 2.95. The minimum Gasteiger partial charge on any atom is -0.326 e. The van der Waals surface area contributed by atoms with Crippen molar-refractivity contribution >= 4 is 10.0 Å². The molecule has 6 heteroatoms. The molecule has 2 N–H and O–H groups in total. The van der Waals surface area contributed by atoms with Gasteiger partial charge in [-0.2, -0.15) is 4.31 Å². The normalized spacial score (nSPS) is 20.3. The summed E-state index contributed by atoms with van der Waals surface area (Å²) in [5.74, 6) is 0. The van der Waals surface area contributed by atoms with Crippen LogP contribution in [0.5, 0.6) is 0 Å². The zero-order valence-electron chi connectivity index (χ0n) is 12.8. The Morgan fingerprint density at radius 3 is 2.67 bits per heavy atom. The van der Waals surface area contributed by atoms with E-state index >= 15 is 0 Å². The zero-order chi connectivity index (χ0) is 15.5. The third-order valence-electron chi connectivity index (χ3n) is 4.23. The number of nitrogens with two attached hydrogens (primary N) is 1. The molecule has 1 aliphatic rings. The molecule has 1 aromatic carbocycles. The van der Waals surface area contributed by atoms with Crippen LogP contribution in [0.3, 0.4) is 0 Å². The Morgan fingerprint density at radius 2 is 2.05 bits per heavy atom. The predicted octanol–water partition coefficient (Wildman–Crippen LogP) is 1.25. The number of hydrogen-bond acceptors (Lipinski definition) is 4. The predicted molar refractivity (Wildman–Crippen MR) is 84.4 cm³/mol. The lowest BCUT2D eigenvalue weighted by Gasteiger charge is -2.26. The van der Waals surface area contributed by atoms with Crippen molar-refractivity contribution in [3.8, 4) is 0 Å². The zero-order valence-corrected chi connectivity index (χ0v) is 13.6. The number of rotatable bonds is 6. The van der Waals surface area contributed by atoms with Crippen LogP contribution in [-0.4, -0.2) is 49.8 Å². The van der Waals surface area contributed by atoms with Crippen LogP contribution in [0.1, 0.15) is 25.8 Å². The lowest BCUT2D eigenvalue weighted by molar-refractivity contribution is 0.224. The molecular formula is C15H25N3O2S. The largest absolute Gasteiger partial charge is 0.326 e. The summed E-state index contributed by atoms with van der Waals surface area (Å²) in [5, 5.41) is 0. The van der Waals surface area contributed by atoms with E-state index in [2.05, 4.69) is 18.7 Å². The van der Waals surface area contributed by atoms with Crippen molar-refractivity contribution in [1.29, 1.82) is 0 Å². The van der Waals surface area contributed by atoms with Gasteiger partial charge in [-0.1, -0.05) is 26.0 Å². The summed E-state index contributed by atoms with van der Waals surface area (Å²) in [6, 6.07) is 7.26. The summed E-state index contributed by atoms with van der Waals surface area (Å²) in [7, 11) is -3.40. The van der Waals surface area contributed by atoms with E-state index in [0.717, 1.165) is 25.1 Å². The van der Waals surface area contributed by atoms with Crippen LogP contribution in [0.25, 0.3) is 0 Å². The van der Waals surface area contributed by atoms with Crippen LogP contribution in [0.4, 0.5) is 0 Å². The molecule has 1 aliphatic heterocycles. The molecule has 0 saturated carbocycles. The van der Waals surface area contributed by atoms with Crippen LogP contribution < -0.4 is 5.73 Å². The fourth-order valence-corrected chi connectivity index (χ4v) is 4.51. The lowest BCUT2D eigenvalue weighted by atomic mass is 10.2. The van der Waals surface area contributed by atoms with E-state index in [1.54, 1.807) is 22.5 Å². The van der Waals surface area contributed by atoms with E-state index in [-0.39, 0.29) is 0 Å². The summed E-state index contributed by atoms with van der Waals surface area (Å²) < 4.78 is 27.0. The Hall–Kier alpha value is -0.950. The van der Waals surface area contributed by atoms with E-state index < -0.39 is 10.0 Å². The quantitative estimate of drug-likeness (QED) is 0.858. The Balaban J connectivity index is 2.17. The Morgan fingerprint density at radius 1 is 1.33 bits per heavy atom. The molecule has 1 unspecified atom stereocenters. The molecule has 0 aliphatic carbocycles. The molecule has 21 heavy (non-hydrogen) atoms. The molecule has 118 valence electrons. The lowest BCUT2D eigenvalue weighted by Crippen LogP contribution is -2.38. The highest BCUT2D eigenvalue weighted by atomic mass is 32.2. The van der Waals surface area contributed by atoms with Gasteiger partial charge in [0.2, 0.25) is 10.0 Å². The van der Waals surface area contributed by atoms with Gasteiger partial charge in [0.25, 0.3) is 0 Å². The standard InChI is InChI=1S/C15H25N3O2S/c1-3-17(4-2)14-8-9-18(12-14)21(19,20)15-7-5-6-13(10-15)11-16/h5-7,10,14H,3-4,8-9,11-12,16H2,1-2H3. The summed E-state index contributed by atoms with van der Waals surface area (Å²) in [5.41, 5.74) is 6.44. The molecule has 1 atom stereocenters. The Labute approximate surface area is 127 Å². The van der Waals surface area contributed by atoms with E-state index in [1.807, 2.05) is 6.07 Å². The number of benzene rings is 1. The van der Waals surface area contributed by atoms with Gasteiger partial charge in [-0.05, 0) is 37.2 Å². The number of nitrogens with zero attached hydrogens (tertiary/aromatic N) is 2. The molecule has 1 heterocycles. The van der Waals surface area contributed by atoms with Gasteiger partial charge in [0.1, 0.15) is 0 Å². The van der Waals surface area contributed by atoms with Crippen LogP contribution in [-0.2, 0) is 16.6 Å². The molecule has 0 bridgehead atoms. The highest BCUT2D eigenvalue weighted by Gasteiger charge is 2.34. The van der Waals surface area contributed by atoms with Crippen LogP contribution in [0, 0.1) is 0 Å². The molecular weight excluding hydrogens is 286 g/mol. The first-order valence-electron chi connectivity index (χ1n) is 7.56. The van der Waals surface area contributed by atoms with Crippen molar-refractivity contribution in [2.24, 2.45) is 5.73 Å². The molecule has 0 spiro atoms. The SMILES string of the molecule is CCN(CC)C1CCN(S(=O)(=O)c2cccc(CN)c2)C1. The van der Waals surface area contributed by atoms with Gasteiger partial charge in [0, 0.05) is 25.7 Å². The Kier molecular flexibility index (Phi) is 5.37. The summed E-state index contributed by atoms with van der Waals surface area (Å²) >= 11 is 0. The van der Waals surface area contributed by atoms with Gasteiger partial charge in [-0.25, -0.2) is 8.42 Å². The molecule has 1 saturated heterocycles. The molecule has 1 aromatic rings. The molecule has 2 rings (SSSR count). The number of likely N-dealkylation sites (N-methyl/N-ethyl adjacent to an activating group) is 1. The van der Waals surface area contributed by atoms with Gasteiger partial charge in [-0.15, -0.1) is 0 Å². The molecule has 0 aromatic heterocycles. The molecule has 1 fully saturated rings.